The van der Waals surface area contributed by atoms with Crippen molar-refractivity contribution in [2.75, 3.05) is 0 Å². The molecule has 2 rings (SSSR count). The average molecular weight is 242 g/mol. The lowest BCUT2D eigenvalue weighted by molar-refractivity contribution is -0.114. The predicted molar refractivity (Wildman–Crippen MR) is 76.6 cm³/mol. The molecule has 0 spiro atoms. The number of benzene rings is 1. The minimum Gasteiger partial charge on any atom is -0.295 e. The monoisotopic (exact) mass is 242 g/mol. The van der Waals surface area contributed by atoms with E-state index in [1.165, 1.54) is 16.7 Å². The van der Waals surface area contributed by atoms with Gasteiger partial charge in [-0.15, -0.1) is 0 Å². The van der Waals surface area contributed by atoms with Crippen LogP contribution in [0.1, 0.15) is 57.6 Å². The maximum atomic E-state index is 11.6. The van der Waals surface area contributed by atoms with Crippen molar-refractivity contribution in [2.24, 2.45) is 0 Å². The molecule has 1 aromatic carbocycles. The van der Waals surface area contributed by atoms with Gasteiger partial charge in [-0.3, -0.25) is 4.79 Å². The van der Waals surface area contributed by atoms with E-state index in [0.29, 0.717) is 6.42 Å². The van der Waals surface area contributed by atoms with Crippen molar-refractivity contribution in [2.45, 2.75) is 51.9 Å². The lowest BCUT2D eigenvalue weighted by Gasteiger charge is -2.19. The van der Waals surface area contributed by atoms with E-state index >= 15 is 0 Å². The number of carbonyl (C=O) groups is 1. The largest absolute Gasteiger partial charge is 0.295 e. The molecule has 0 saturated carbocycles. The fourth-order valence-electron chi connectivity index (χ4n) is 2.37. The van der Waals surface area contributed by atoms with Crippen molar-refractivity contribution in [1.82, 2.24) is 0 Å². The molecule has 1 nitrogen and oxygen atoms in total. The fourth-order valence-corrected chi connectivity index (χ4v) is 2.37. The summed E-state index contributed by atoms with van der Waals surface area (Å²) in [4.78, 5) is 11.6. The molecular weight excluding hydrogens is 220 g/mol. The van der Waals surface area contributed by atoms with Crippen LogP contribution in [0.4, 0.5) is 0 Å². The average Bonchev–Trinajstić information content (AvgIpc) is 2.53. The second-order valence-electron chi connectivity index (χ2n) is 6.17. The molecule has 0 aliphatic heterocycles. The molecule has 1 aromatic rings. The third-order valence-corrected chi connectivity index (χ3v) is 3.58. The van der Waals surface area contributed by atoms with Gasteiger partial charge in [0.1, 0.15) is 0 Å². The summed E-state index contributed by atoms with van der Waals surface area (Å²) in [5, 5.41) is 0. The molecular formula is C17H22O. The Balaban J connectivity index is 2.26. The Bertz CT molecular complexity index is 457. The quantitative estimate of drug-likeness (QED) is 0.708. The number of allylic oxidation sites excluding steroid dienone is 2. The Morgan fingerprint density at radius 1 is 0.944 bits per heavy atom. The summed E-state index contributed by atoms with van der Waals surface area (Å²) in [5.74, 6) is 0.280. The molecule has 0 amide bonds. The highest BCUT2D eigenvalue weighted by Gasteiger charge is 2.14. The predicted octanol–water partition coefficient (Wildman–Crippen LogP) is 4.51. The third kappa shape index (κ3) is 3.10. The summed E-state index contributed by atoms with van der Waals surface area (Å²) in [6, 6.07) is 8.69. The van der Waals surface area contributed by atoms with E-state index in [0.717, 1.165) is 19.3 Å². The number of hydrogen-bond donors (Lipinski definition) is 0. The van der Waals surface area contributed by atoms with E-state index < -0.39 is 0 Å². The van der Waals surface area contributed by atoms with Crippen molar-refractivity contribution in [1.29, 1.82) is 0 Å². The standard InChI is InChI=1S/C17H22O/c1-17(2,3)15-10-8-13(9-11-15)14-6-4-5-7-16(18)12-14/h8-12H,4-7H2,1-3H3. The Morgan fingerprint density at radius 2 is 1.56 bits per heavy atom. The second-order valence-corrected chi connectivity index (χ2v) is 6.17. The molecule has 0 unspecified atom stereocenters. The molecule has 18 heavy (non-hydrogen) atoms. The maximum absolute atomic E-state index is 11.6. The maximum Gasteiger partial charge on any atom is 0.155 e. The van der Waals surface area contributed by atoms with E-state index in [1.807, 2.05) is 6.08 Å². The van der Waals surface area contributed by atoms with Gasteiger partial charge in [0, 0.05) is 6.42 Å². The molecule has 0 N–H and O–H groups in total. The van der Waals surface area contributed by atoms with Gasteiger partial charge in [-0.05, 0) is 47.5 Å². The van der Waals surface area contributed by atoms with E-state index in [1.54, 1.807) is 0 Å². The molecule has 0 saturated heterocycles. The number of rotatable bonds is 1. The highest BCUT2D eigenvalue weighted by molar-refractivity contribution is 5.97. The van der Waals surface area contributed by atoms with Gasteiger partial charge in [-0.1, -0.05) is 45.0 Å². The normalized spacial score (nSPS) is 17.3. The van der Waals surface area contributed by atoms with Gasteiger partial charge in [-0.25, -0.2) is 0 Å². The number of ketones is 1. The van der Waals surface area contributed by atoms with Gasteiger partial charge in [0.2, 0.25) is 0 Å². The first-order valence-corrected chi connectivity index (χ1v) is 6.81. The molecule has 1 aliphatic rings. The highest BCUT2D eigenvalue weighted by Crippen LogP contribution is 2.28. The molecule has 0 atom stereocenters. The van der Waals surface area contributed by atoms with Crippen molar-refractivity contribution < 1.29 is 4.79 Å². The SMILES string of the molecule is CC(C)(C)c1ccc(C2=CC(=O)CCCC2)cc1. The van der Waals surface area contributed by atoms with E-state index in [4.69, 9.17) is 0 Å². The first-order valence-electron chi connectivity index (χ1n) is 6.81. The minimum absolute atomic E-state index is 0.187. The first-order chi connectivity index (χ1) is 8.47. The second kappa shape index (κ2) is 5.09. The molecule has 0 heterocycles. The minimum atomic E-state index is 0.187. The van der Waals surface area contributed by atoms with Crippen molar-refractivity contribution in [3.8, 4) is 0 Å². The fraction of sp³-hybridized carbons (Fsp3) is 0.471. The van der Waals surface area contributed by atoms with Crippen molar-refractivity contribution in [3.05, 3.63) is 41.5 Å². The first kappa shape index (κ1) is 13.1. The van der Waals surface area contributed by atoms with Crippen LogP contribution in [0.15, 0.2) is 30.3 Å². The zero-order valence-electron chi connectivity index (χ0n) is 11.6. The van der Waals surface area contributed by atoms with E-state index in [9.17, 15) is 4.79 Å². The van der Waals surface area contributed by atoms with Gasteiger partial charge in [0.05, 0.1) is 0 Å². The van der Waals surface area contributed by atoms with E-state index in [2.05, 4.69) is 45.0 Å². The lowest BCUT2D eigenvalue weighted by atomic mass is 9.86. The molecule has 96 valence electrons. The summed E-state index contributed by atoms with van der Waals surface area (Å²) >= 11 is 0. The van der Waals surface area contributed by atoms with Gasteiger partial charge < -0.3 is 0 Å². The molecule has 0 fully saturated rings. The van der Waals surface area contributed by atoms with Gasteiger partial charge >= 0.3 is 0 Å². The van der Waals surface area contributed by atoms with Crippen molar-refractivity contribution >= 4 is 11.4 Å². The van der Waals surface area contributed by atoms with Crippen LogP contribution in [0.3, 0.4) is 0 Å². The summed E-state index contributed by atoms with van der Waals surface area (Å²) < 4.78 is 0. The lowest BCUT2D eigenvalue weighted by Crippen LogP contribution is -2.10. The van der Waals surface area contributed by atoms with Crippen LogP contribution in [0.2, 0.25) is 0 Å². The summed E-state index contributed by atoms with van der Waals surface area (Å²) in [7, 11) is 0. The Hall–Kier alpha value is -1.37. The van der Waals surface area contributed by atoms with Gasteiger partial charge in [0.25, 0.3) is 0 Å². The van der Waals surface area contributed by atoms with Crippen LogP contribution >= 0.6 is 0 Å². The van der Waals surface area contributed by atoms with E-state index in [-0.39, 0.29) is 11.2 Å². The molecule has 1 aliphatic carbocycles. The Labute approximate surface area is 110 Å². The van der Waals surface area contributed by atoms with Crippen LogP contribution in [0.25, 0.3) is 5.57 Å². The molecule has 0 bridgehead atoms. The molecule has 1 heteroatoms. The third-order valence-electron chi connectivity index (χ3n) is 3.58. The number of carbonyl (C=O) groups excluding carboxylic acids is 1. The van der Waals surface area contributed by atoms with Crippen LogP contribution in [0, 0.1) is 0 Å². The zero-order chi connectivity index (χ0) is 13.2. The Morgan fingerprint density at radius 3 is 2.17 bits per heavy atom. The number of hydrogen-bond acceptors (Lipinski definition) is 1. The van der Waals surface area contributed by atoms with Gasteiger partial charge in [-0.2, -0.15) is 0 Å². The summed E-state index contributed by atoms with van der Waals surface area (Å²) in [5.41, 5.74) is 3.94. The van der Waals surface area contributed by atoms with Crippen LogP contribution in [0.5, 0.6) is 0 Å². The highest BCUT2D eigenvalue weighted by atomic mass is 16.1. The molecule has 0 radical (unpaired) electrons. The molecule has 0 aromatic heterocycles. The zero-order valence-corrected chi connectivity index (χ0v) is 11.6. The smallest absolute Gasteiger partial charge is 0.155 e. The van der Waals surface area contributed by atoms with Crippen LogP contribution in [-0.4, -0.2) is 5.78 Å². The van der Waals surface area contributed by atoms with Crippen molar-refractivity contribution in [3.63, 3.8) is 0 Å². The summed E-state index contributed by atoms with van der Waals surface area (Å²) in [6.07, 6.45) is 5.74. The summed E-state index contributed by atoms with van der Waals surface area (Å²) in [6.45, 7) is 6.66. The van der Waals surface area contributed by atoms with Gasteiger partial charge in [0.15, 0.2) is 5.78 Å². The van der Waals surface area contributed by atoms with Crippen LogP contribution < -0.4 is 0 Å². The van der Waals surface area contributed by atoms with Crippen LogP contribution in [-0.2, 0) is 10.2 Å². The topological polar surface area (TPSA) is 17.1 Å². The Kier molecular flexibility index (Phi) is 3.70.